The number of rotatable bonds is 3. The van der Waals surface area contributed by atoms with Crippen LogP contribution in [0.3, 0.4) is 0 Å². The van der Waals surface area contributed by atoms with Crippen LogP contribution >= 0.6 is 11.3 Å². The van der Waals surface area contributed by atoms with Crippen LogP contribution in [0.15, 0.2) is 35.4 Å². The van der Waals surface area contributed by atoms with E-state index in [0.29, 0.717) is 10.7 Å². The highest BCUT2D eigenvalue weighted by atomic mass is 32.2. The van der Waals surface area contributed by atoms with Crippen molar-refractivity contribution in [1.82, 2.24) is 4.98 Å². The molecule has 7 heteroatoms. The molecular formula is C13H12N2O3S2. The summed E-state index contributed by atoms with van der Waals surface area (Å²) in [6.45, 7) is 1.62. The van der Waals surface area contributed by atoms with Gasteiger partial charge in [-0.2, -0.15) is 0 Å². The van der Waals surface area contributed by atoms with Crippen molar-refractivity contribution in [2.24, 2.45) is 0 Å². The quantitative estimate of drug-likeness (QED) is 0.844. The number of sulfonamides is 1. The van der Waals surface area contributed by atoms with Crippen molar-refractivity contribution >= 4 is 26.5 Å². The van der Waals surface area contributed by atoms with Gasteiger partial charge in [0, 0.05) is 16.6 Å². The standard InChI is InChI=1S/C13H12N2O3S2/c1-10-9-14-13(19-10)15-20(17,18)12-6-4-11(5-7-12)3-2-8-16/h4-7,9,16H,8H2,1H3,(H,14,15). The molecule has 1 aromatic heterocycles. The number of aryl methyl sites for hydroxylation is 1. The van der Waals surface area contributed by atoms with Gasteiger partial charge in [0.25, 0.3) is 10.0 Å². The number of aliphatic hydroxyl groups excluding tert-OH is 1. The Kier molecular flexibility index (Phi) is 4.39. The maximum absolute atomic E-state index is 12.1. The van der Waals surface area contributed by atoms with Gasteiger partial charge in [-0.3, -0.25) is 4.72 Å². The summed E-state index contributed by atoms with van der Waals surface area (Å²) in [5.74, 6) is 5.20. The predicted octanol–water partition coefficient (Wildman–Crippen LogP) is 1.60. The van der Waals surface area contributed by atoms with Crippen LogP contribution < -0.4 is 4.72 Å². The first-order chi connectivity index (χ1) is 9.51. The van der Waals surface area contributed by atoms with Crippen molar-refractivity contribution in [3.63, 3.8) is 0 Å². The second-order valence-corrected chi connectivity index (χ2v) is 6.78. The number of aromatic nitrogens is 1. The van der Waals surface area contributed by atoms with Crippen LogP contribution in [0.2, 0.25) is 0 Å². The largest absolute Gasteiger partial charge is 0.384 e. The molecule has 0 spiro atoms. The molecule has 1 aromatic carbocycles. The van der Waals surface area contributed by atoms with Crippen molar-refractivity contribution < 1.29 is 13.5 Å². The van der Waals surface area contributed by atoms with Crippen LogP contribution in [-0.2, 0) is 10.0 Å². The number of aliphatic hydroxyl groups is 1. The third kappa shape index (κ3) is 3.57. The van der Waals surface area contributed by atoms with E-state index in [1.807, 2.05) is 6.92 Å². The summed E-state index contributed by atoms with van der Waals surface area (Å²) in [7, 11) is -3.64. The number of anilines is 1. The Morgan fingerprint density at radius 2 is 2.05 bits per heavy atom. The predicted molar refractivity (Wildman–Crippen MR) is 78.1 cm³/mol. The van der Waals surface area contributed by atoms with Crippen molar-refractivity contribution in [2.75, 3.05) is 11.3 Å². The fourth-order valence-electron chi connectivity index (χ4n) is 1.43. The SMILES string of the molecule is Cc1cnc(NS(=O)(=O)c2ccc(C#CCO)cc2)s1. The molecule has 2 rings (SSSR count). The van der Waals surface area contributed by atoms with Gasteiger partial charge in [-0.1, -0.05) is 11.8 Å². The number of nitrogens with one attached hydrogen (secondary N) is 1. The second-order valence-electron chi connectivity index (χ2n) is 3.87. The summed E-state index contributed by atoms with van der Waals surface area (Å²) in [5.41, 5.74) is 0.642. The number of thiazole rings is 1. The first kappa shape index (κ1) is 14.5. The van der Waals surface area contributed by atoms with Gasteiger partial charge in [-0.05, 0) is 31.2 Å². The second kappa shape index (κ2) is 6.05. The molecule has 0 aliphatic carbocycles. The first-order valence-corrected chi connectivity index (χ1v) is 7.96. The monoisotopic (exact) mass is 308 g/mol. The van der Waals surface area contributed by atoms with Crippen LogP contribution in [0.25, 0.3) is 0 Å². The molecule has 2 aromatic rings. The molecule has 0 fully saturated rings. The maximum Gasteiger partial charge on any atom is 0.263 e. The fraction of sp³-hybridized carbons (Fsp3) is 0.154. The van der Waals surface area contributed by atoms with Gasteiger partial charge in [-0.25, -0.2) is 13.4 Å². The summed E-state index contributed by atoms with van der Waals surface area (Å²) >= 11 is 1.27. The molecule has 104 valence electrons. The minimum Gasteiger partial charge on any atom is -0.384 e. The van der Waals surface area contributed by atoms with Crippen LogP contribution in [0.1, 0.15) is 10.4 Å². The topological polar surface area (TPSA) is 79.3 Å². The van der Waals surface area contributed by atoms with E-state index < -0.39 is 10.0 Å². The Morgan fingerprint density at radius 1 is 1.35 bits per heavy atom. The molecule has 0 unspecified atom stereocenters. The fourth-order valence-corrected chi connectivity index (χ4v) is 3.34. The zero-order valence-corrected chi connectivity index (χ0v) is 12.3. The zero-order chi connectivity index (χ0) is 14.6. The molecule has 0 aliphatic rings. The molecule has 20 heavy (non-hydrogen) atoms. The van der Waals surface area contributed by atoms with Crippen molar-refractivity contribution in [3.8, 4) is 11.8 Å². The molecule has 5 nitrogen and oxygen atoms in total. The number of benzene rings is 1. The molecule has 0 radical (unpaired) electrons. The average molecular weight is 308 g/mol. The van der Waals surface area contributed by atoms with Crippen LogP contribution in [0.4, 0.5) is 5.13 Å². The summed E-state index contributed by atoms with van der Waals surface area (Å²) in [6, 6.07) is 6.10. The summed E-state index contributed by atoms with van der Waals surface area (Å²) in [4.78, 5) is 5.03. The molecule has 0 saturated heterocycles. The molecule has 0 aliphatic heterocycles. The first-order valence-electron chi connectivity index (χ1n) is 5.66. The third-order valence-corrected chi connectivity index (χ3v) is 4.63. The highest BCUT2D eigenvalue weighted by molar-refractivity contribution is 7.93. The molecule has 2 N–H and O–H groups in total. The average Bonchev–Trinajstić information content (AvgIpc) is 2.81. The summed E-state index contributed by atoms with van der Waals surface area (Å²) in [5, 5.41) is 8.93. The van der Waals surface area contributed by atoms with E-state index in [4.69, 9.17) is 5.11 Å². The van der Waals surface area contributed by atoms with Crippen molar-refractivity contribution in [2.45, 2.75) is 11.8 Å². The van der Waals surface area contributed by atoms with E-state index in [1.165, 1.54) is 23.5 Å². The van der Waals surface area contributed by atoms with E-state index in [9.17, 15) is 8.42 Å². The van der Waals surface area contributed by atoms with E-state index in [1.54, 1.807) is 18.3 Å². The van der Waals surface area contributed by atoms with E-state index in [-0.39, 0.29) is 11.5 Å². The van der Waals surface area contributed by atoms with Gasteiger partial charge < -0.3 is 5.11 Å². The maximum atomic E-state index is 12.1. The Bertz CT molecular complexity index is 753. The Balaban J connectivity index is 2.21. The molecule has 1 heterocycles. The smallest absolute Gasteiger partial charge is 0.263 e. The van der Waals surface area contributed by atoms with Crippen LogP contribution in [0, 0.1) is 18.8 Å². The lowest BCUT2D eigenvalue weighted by atomic mass is 10.2. The van der Waals surface area contributed by atoms with Gasteiger partial charge in [0.15, 0.2) is 5.13 Å². The summed E-state index contributed by atoms with van der Waals surface area (Å²) < 4.78 is 26.7. The summed E-state index contributed by atoms with van der Waals surface area (Å²) in [6.07, 6.45) is 1.61. The molecule has 0 bridgehead atoms. The van der Waals surface area contributed by atoms with Gasteiger partial charge in [-0.15, -0.1) is 11.3 Å². The Hall–Kier alpha value is -1.88. The lowest BCUT2D eigenvalue weighted by molar-refractivity contribution is 0.350. The van der Waals surface area contributed by atoms with Crippen LogP contribution in [-0.4, -0.2) is 25.1 Å². The molecular weight excluding hydrogens is 296 g/mol. The van der Waals surface area contributed by atoms with Gasteiger partial charge in [0.1, 0.15) is 6.61 Å². The van der Waals surface area contributed by atoms with E-state index >= 15 is 0 Å². The lowest BCUT2D eigenvalue weighted by Gasteiger charge is -2.04. The van der Waals surface area contributed by atoms with Gasteiger partial charge in [0.2, 0.25) is 0 Å². The van der Waals surface area contributed by atoms with E-state index in [2.05, 4.69) is 21.5 Å². The minimum atomic E-state index is -3.64. The highest BCUT2D eigenvalue weighted by Gasteiger charge is 2.15. The normalized spacial score (nSPS) is 10.7. The number of hydrogen-bond acceptors (Lipinski definition) is 5. The number of nitrogens with zero attached hydrogens (tertiary/aromatic N) is 1. The van der Waals surface area contributed by atoms with Gasteiger partial charge in [0.05, 0.1) is 4.90 Å². The number of hydrogen-bond donors (Lipinski definition) is 2. The van der Waals surface area contributed by atoms with Crippen molar-refractivity contribution in [3.05, 3.63) is 40.9 Å². The Morgan fingerprint density at radius 3 is 2.60 bits per heavy atom. The molecule has 0 atom stereocenters. The van der Waals surface area contributed by atoms with Crippen molar-refractivity contribution in [1.29, 1.82) is 0 Å². The molecule has 0 amide bonds. The van der Waals surface area contributed by atoms with Crippen LogP contribution in [0.5, 0.6) is 0 Å². The third-order valence-electron chi connectivity index (χ3n) is 2.32. The van der Waals surface area contributed by atoms with Gasteiger partial charge >= 0.3 is 0 Å². The minimum absolute atomic E-state index is 0.139. The molecule has 0 saturated carbocycles. The highest BCUT2D eigenvalue weighted by Crippen LogP contribution is 2.21. The lowest BCUT2D eigenvalue weighted by Crippen LogP contribution is -2.12. The zero-order valence-electron chi connectivity index (χ0n) is 10.6. The Labute approximate surface area is 121 Å². The van der Waals surface area contributed by atoms with E-state index in [0.717, 1.165) is 4.88 Å².